The van der Waals surface area contributed by atoms with E-state index in [9.17, 15) is 23.9 Å². The van der Waals surface area contributed by atoms with Crippen LogP contribution in [0.2, 0.25) is 0 Å². The first-order valence-corrected chi connectivity index (χ1v) is 10.7. The monoisotopic (exact) mass is 430 g/mol. The zero-order valence-electron chi connectivity index (χ0n) is 15.6. The number of aryl methyl sites for hydroxylation is 1. The van der Waals surface area contributed by atoms with Crippen molar-refractivity contribution < 1.29 is 23.4 Å². The van der Waals surface area contributed by atoms with Gasteiger partial charge in [0.05, 0.1) is 24.4 Å². The molecule has 0 amide bonds. The number of aliphatic hydroxyl groups excluding tert-OH is 1. The number of thiophene rings is 1. The summed E-state index contributed by atoms with van der Waals surface area (Å²) in [5, 5.41) is 28.0. The summed E-state index contributed by atoms with van der Waals surface area (Å²) in [6.07, 6.45) is -1.83. The van der Waals surface area contributed by atoms with E-state index in [4.69, 9.17) is 4.74 Å². The number of methoxy groups -OCH3 is 1. The summed E-state index contributed by atoms with van der Waals surface area (Å²) in [6.45, 7) is 1.94. The maximum absolute atomic E-state index is 13.1. The van der Waals surface area contributed by atoms with Crippen LogP contribution in [-0.2, 0) is 10.0 Å². The molecule has 0 aliphatic rings. The molecule has 3 N–H and O–H groups in total. The number of rotatable bonds is 6. The molecule has 29 heavy (non-hydrogen) atoms. The van der Waals surface area contributed by atoms with Crippen LogP contribution in [0.4, 0.5) is 5.69 Å². The quantitative estimate of drug-likeness (QED) is 0.516. The number of hydrogen-bond donors (Lipinski definition) is 3. The Hall–Kier alpha value is -2.90. The van der Waals surface area contributed by atoms with Gasteiger partial charge in [0.15, 0.2) is 6.29 Å². The van der Waals surface area contributed by atoms with E-state index in [-0.39, 0.29) is 21.9 Å². The highest BCUT2D eigenvalue weighted by Gasteiger charge is 2.23. The third-order valence-corrected chi connectivity index (χ3v) is 6.59. The van der Waals surface area contributed by atoms with Crippen molar-refractivity contribution in [2.24, 2.45) is 0 Å². The van der Waals surface area contributed by atoms with Gasteiger partial charge in [-0.05, 0) is 43.3 Å². The van der Waals surface area contributed by atoms with Crippen LogP contribution in [0.1, 0.15) is 22.3 Å². The lowest BCUT2D eigenvalue weighted by Crippen LogP contribution is -2.15. The van der Waals surface area contributed by atoms with E-state index in [1.54, 1.807) is 12.1 Å². The Bertz CT molecular complexity index is 1190. The molecule has 0 bridgehead atoms. The number of nitrogens with zero attached hydrogens (tertiary/aromatic N) is 1. The topological polar surface area (TPSA) is 120 Å². The SMILES string of the molecule is COc1ccc(C(O)O)cc1S(=O)(=O)Nc1cc(C#N)ccc1-c1ccc(C)s1. The zero-order chi connectivity index (χ0) is 21.2. The lowest BCUT2D eigenvalue weighted by atomic mass is 10.1. The third kappa shape index (κ3) is 4.41. The van der Waals surface area contributed by atoms with Gasteiger partial charge in [0, 0.05) is 20.9 Å². The van der Waals surface area contributed by atoms with E-state index in [0.29, 0.717) is 11.1 Å². The summed E-state index contributed by atoms with van der Waals surface area (Å²) < 4.78 is 33.9. The second-order valence-electron chi connectivity index (χ2n) is 6.17. The van der Waals surface area contributed by atoms with E-state index in [0.717, 1.165) is 15.8 Å². The first kappa shape index (κ1) is 20.8. The van der Waals surface area contributed by atoms with Crippen LogP contribution in [0.3, 0.4) is 0 Å². The van der Waals surface area contributed by atoms with Gasteiger partial charge < -0.3 is 14.9 Å². The molecule has 0 unspecified atom stereocenters. The molecular formula is C20H18N2O5S2. The lowest BCUT2D eigenvalue weighted by Gasteiger charge is -2.16. The maximum atomic E-state index is 13.1. The van der Waals surface area contributed by atoms with Crippen molar-refractivity contribution in [2.45, 2.75) is 18.1 Å². The van der Waals surface area contributed by atoms with Crippen LogP contribution in [0.15, 0.2) is 53.4 Å². The summed E-state index contributed by atoms with van der Waals surface area (Å²) >= 11 is 1.50. The molecule has 3 rings (SSSR count). The highest BCUT2D eigenvalue weighted by atomic mass is 32.2. The van der Waals surface area contributed by atoms with Crippen molar-refractivity contribution in [3.8, 4) is 22.3 Å². The van der Waals surface area contributed by atoms with Crippen LogP contribution in [-0.4, -0.2) is 25.7 Å². The first-order valence-electron chi connectivity index (χ1n) is 8.43. The minimum absolute atomic E-state index is 0.00561. The van der Waals surface area contributed by atoms with E-state index >= 15 is 0 Å². The van der Waals surface area contributed by atoms with E-state index in [2.05, 4.69) is 4.72 Å². The van der Waals surface area contributed by atoms with Gasteiger partial charge >= 0.3 is 0 Å². The molecule has 0 atom stereocenters. The fraction of sp³-hybridized carbons (Fsp3) is 0.150. The number of ether oxygens (including phenoxy) is 1. The number of hydrogen-bond acceptors (Lipinski definition) is 7. The smallest absolute Gasteiger partial charge is 0.265 e. The molecule has 1 aromatic heterocycles. The van der Waals surface area contributed by atoms with Crippen molar-refractivity contribution in [3.63, 3.8) is 0 Å². The number of nitrogens with one attached hydrogen (secondary N) is 1. The largest absolute Gasteiger partial charge is 0.495 e. The Kier molecular flexibility index (Phi) is 5.91. The van der Waals surface area contributed by atoms with Gasteiger partial charge in [-0.3, -0.25) is 4.72 Å². The normalized spacial score (nSPS) is 11.3. The number of nitriles is 1. The predicted octanol–water partition coefficient (Wildman–Crippen LogP) is 3.39. The minimum Gasteiger partial charge on any atom is -0.495 e. The Morgan fingerprint density at radius 3 is 2.48 bits per heavy atom. The molecule has 9 heteroatoms. The molecule has 150 valence electrons. The number of anilines is 1. The standard InChI is InChI=1S/C20H18N2O5S2/c1-12-3-8-18(28-12)15-6-4-13(11-21)9-16(15)22-29(25,26)19-10-14(20(23)24)5-7-17(19)27-2/h3-10,20,22-24H,1-2H3. The second-order valence-corrected chi connectivity index (χ2v) is 9.11. The summed E-state index contributed by atoms with van der Waals surface area (Å²) in [5.74, 6) is 0.0480. The molecule has 1 heterocycles. The molecular weight excluding hydrogens is 412 g/mol. The van der Waals surface area contributed by atoms with Gasteiger partial charge in [-0.15, -0.1) is 11.3 Å². The predicted molar refractivity (Wildman–Crippen MR) is 110 cm³/mol. The second kappa shape index (κ2) is 8.23. The Morgan fingerprint density at radius 1 is 1.14 bits per heavy atom. The summed E-state index contributed by atoms with van der Waals surface area (Å²) in [7, 11) is -2.84. The first-order chi connectivity index (χ1) is 13.7. The molecule has 0 radical (unpaired) electrons. The third-order valence-electron chi connectivity index (χ3n) is 4.17. The van der Waals surface area contributed by atoms with E-state index in [1.807, 2.05) is 25.1 Å². The molecule has 0 spiro atoms. The van der Waals surface area contributed by atoms with Gasteiger partial charge in [0.1, 0.15) is 10.6 Å². The number of benzene rings is 2. The Balaban J connectivity index is 2.12. The fourth-order valence-electron chi connectivity index (χ4n) is 2.76. The van der Waals surface area contributed by atoms with Crippen molar-refractivity contribution >= 4 is 27.0 Å². The number of sulfonamides is 1. The average Bonchev–Trinajstić information content (AvgIpc) is 3.13. The van der Waals surface area contributed by atoms with Gasteiger partial charge in [-0.1, -0.05) is 12.1 Å². The molecule has 3 aromatic rings. The lowest BCUT2D eigenvalue weighted by molar-refractivity contribution is -0.0426. The number of aliphatic hydroxyl groups is 2. The minimum atomic E-state index is -4.16. The molecule has 0 fully saturated rings. The van der Waals surface area contributed by atoms with Crippen molar-refractivity contribution in [1.29, 1.82) is 5.26 Å². The van der Waals surface area contributed by atoms with Crippen molar-refractivity contribution in [1.82, 2.24) is 0 Å². The molecule has 0 saturated heterocycles. The fourth-order valence-corrected chi connectivity index (χ4v) is 4.94. The Labute approximate surface area is 172 Å². The van der Waals surface area contributed by atoms with Crippen molar-refractivity contribution in [2.75, 3.05) is 11.8 Å². The molecule has 0 saturated carbocycles. The van der Waals surface area contributed by atoms with Crippen LogP contribution in [0, 0.1) is 18.3 Å². The van der Waals surface area contributed by atoms with Crippen LogP contribution in [0.25, 0.3) is 10.4 Å². The van der Waals surface area contributed by atoms with Gasteiger partial charge in [0.25, 0.3) is 10.0 Å². The Morgan fingerprint density at radius 2 is 1.90 bits per heavy atom. The zero-order valence-corrected chi connectivity index (χ0v) is 17.2. The molecule has 7 nitrogen and oxygen atoms in total. The van der Waals surface area contributed by atoms with Crippen LogP contribution in [0.5, 0.6) is 5.75 Å². The van der Waals surface area contributed by atoms with Gasteiger partial charge in [0.2, 0.25) is 0 Å². The maximum Gasteiger partial charge on any atom is 0.265 e. The molecule has 0 aliphatic heterocycles. The van der Waals surface area contributed by atoms with Crippen LogP contribution < -0.4 is 9.46 Å². The molecule has 0 aliphatic carbocycles. The molecule has 2 aromatic carbocycles. The average molecular weight is 431 g/mol. The van der Waals surface area contributed by atoms with Crippen molar-refractivity contribution in [3.05, 3.63) is 64.5 Å². The summed E-state index contributed by atoms with van der Waals surface area (Å²) in [5.41, 5.74) is 1.17. The van der Waals surface area contributed by atoms with Gasteiger partial charge in [-0.25, -0.2) is 8.42 Å². The van der Waals surface area contributed by atoms with Crippen LogP contribution >= 0.6 is 11.3 Å². The van der Waals surface area contributed by atoms with E-state index in [1.165, 1.54) is 36.6 Å². The summed E-state index contributed by atoms with van der Waals surface area (Å²) in [4.78, 5) is 1.65. The highest BCUT2D eigenvalue weighted by molar-refractivity contribution is 7.92. The summed E-state index contributed by atoms with van der Waals surface area (Å²) in [6, 6.07) is 14.4. The van der Waals surface area contributed by atoms with E-state index < -0.39 is 16.3 Å². The highest BCUT2D eigenvalue weighted by Crippen LogP contribution is 2.36. The van der Waals surface area contributed by atoms with Gasteiger partial charge in [-0.2, -0.15) is 5.26 Å².